The van der Waals surface area contributed by atoms with Gasteiger partial charge >= 0.3 is 5.97 Å². The molecular formula is C10H20O5S2. The number of esters is 1. The van der Waals surface area contributed by atoms with Crippen LogP contribution in [0.5, 0.6) is 0 Å². The third-order valence-corrected chi connectivity index (χ3v) is 4.58. The predicted molar refractivity (Wildman–Crippen MR) is 68.0 cm³/mol. The van der Waals surface area contributed by atoms with Gasteiger partial charge in [0.1, 0.15) is 20.7 Å². The number of ether oxygens (including phenoxy) is 1. The highest BCUT2D eigenvalue weighted by atomic mass is 32.2. The van der Waals surface area contributed by atoms with Crippen molar-refractivity contribution in [3.05, 3.63) is 0 Å². The van der Waals surface area contributed by atoms with Gasteiger partial charge in [-0.05, 0) is 27.7 Å². The summed E-state index contributed by atoms with van der Waals surface area (Å²) >= 11 is 0. The molecule has 0 aliphatic rings. The molecule has 0 N–H and O–H groups in total. The minimum atomic E-state index is -3.16. The van der Waals surface area contributed by atoms with Crippen LogP contribution in [0.2, 0.25) is 0 Å². The molecule has 0 saturated carbocycles. The summed E-state index contributed by atoms with van der Waals surface area (Å²) in [6, 6.07) is 0. The predicted octanol–water partition coefficient (Wildman–Crippen LogP) is 0.510. The zero-order valence-corrected chi connectivity index (χ0v) is 12.5. The number of carbonyl (C=O) groups is 1. The molecule has 0 radical (unpaired) electrons. The van der Waals surface area contributed by atoms with Crippen molar-refractivity contribution >= 4 is 26.6 Å². The molecule has 0 amide bonds. The van der Waals surface area contributed by atoms with Crippen LogP contribution < -0.4 is 0 Å². The molecule has 0 aromatic carbocycles. The van der Waals surface area contributed by atoms with E-state index in [0.717, 1.165) is 6.26 Å². The molecule has 0 aromatic rings. The standard InChI is InChI=1S/C10H20O5S2/c1-8(9(11)15-10(2,3)4)16(12)6-7-17(5,13)14/h8H,6-7H2,1-5H3. The van der Waals surface area contributed by atoms with Crippen LogP contribution in [0.3, 0.4) is 0 Å². The summed E-state index contributed by atoms with van der Waals surface area (Å²) in [6.07, 6.45) is 1.07. The minimum Gasteiger partial charge on any atom is -0.459 e. The molecular weight excluding hydrogens is 264 g/mol. The summed E-state index contributed by atoms with van der Waals surface area (Å²) in [7, 11) is -4.69. The third-order valence-electron chi connectivity index (χ3n) is 1.79. The lowest BCUT2D eigenvalue weighted by atomic mass is 10.2. The molecule has 0 aromatic heterocycles. The first-order chi connectivity index (χ1) is 7.42. The van der Waals surface area contributed by atoms with Crippen molar-refractivity contribution < 1.29 is 22.2 Å². The van der Waals surface area contributed by atoms with Gasteiger partial charge in [0.15, 0.2) is 0 Å². The first-order valence-electron chi connectivity index (χ1n) is 5.20. The molecule has 2 unspecified atom stereocenters. The Morgan fingerprint density at radius 3 is 2.18 bits per heavy atom. The Kier molecular flexibility index (Phi) is 5.80. The normalized spacial score (nSPS) is 16.3. The van der Waals surface area contributed by atoms with E-state index >= 15 is 0 Å². The van der Waals surface area contributed by atoms with E-state index in [9.17, 15) is 17.4 Å². The summed E-state index contributed by atoms with van der Waals surface area (Å²) in [5.74, 6) is -0.796. The van der Waals surface area contributed by atoms with Crippen LogP contribution in [0, 0.1) is 0 Å². The molecule has 5 nitrogen and oxygen atoms in total. The average molecular weight is 284 g/mol. The lowest BCUT2D eigenvalue weighted by Crippen LogP contribution is -2.34. The van der Waals surface area contributed by atoms with Crippen molar-refractivity contribution in [1.82, 2.24) is 0 Å². The molecule has 102 valence electrons. The summed E-state index contributed by atoms with van der Waals surface area (Å²) in [4.78, 5) is 11.6. The summed E-state index contributed by atoms with van der Waals surface area (Å²) < 4.78 is 38.5. The van der Waals surface area contributed by atoms with Crippen molar-refractivity contribution in [3.8, 4) is 0 Å². The van der Waals surface area contributed by atoms with Crippen molar-refractivity contribution in [2.75, 3.05) is 17.8 Å². The van der Waals surface area contributed by atoms with E-state index < -0.39 is 37.5 Å². The van der Waals surface area contributed by atoms with Gasteiger partial charge in [-0.3, -0.25) is 9.00 Å². The van der Waals surface area contributed by atoms with Crippen LogP contribution in [-0.2, 0) is 30.2 Å². The third kappa shape index (κ3) is 8.31. The largest absolute Gasteiger partial charge is 0.459 e. The Morgan fingerprint density at radius 2 is 1.82 bits per heavy atom. The Balaban J connectivity index is 4.36. The first kappa shape index (κ1) is 16.6. The first-order valence-corrected chi connectivity index (χ1v) is 8.64. The van der Waals surface area contributed by atoms with Gasteiger partial charge in [-0.2, -0.15) is 0 Å². The van der Waals surface area contributed by atoms with Gasteiger partial charge in [0.25, 0.3) is 0 Å². The molecule has 2 atom stereocenters. The summed E-state index contributed by atoms with van der Waals surface area (Å²) in [6.45, 7) is 6.64. The molecule has 0 heterocycles. The van der Waals surface area contributed by atoms with Crippen LogP contribution >= 0.6 is 0 Å². The molecule has 0 fully saturated rings. The van der Waals surface area contributed by atoms with E-state index in [1.807, 2.05) is 0 Å². The molecule has 0 spiro atoms. The highest BCUT2D eigenvalue weighted by molar-refractivity contribution is 7.92. The van der Waals surface area contributed by atoms with E-state index in [1.54, 1.807) is 20.8 Å². The molecule has 0 saturated heterocycles. The molecule has 0 aliphatic carbocycles. The second kappa shape index (κ2) is 5.95. The minimum absolute atomic E-state index is 0.0424. The number of rotatable bonds is 5. The van der Waals surface area contributed by atoms with Crippen molar-refractivity contribution in [3.63, 3.8) is 0 Å². The van der Waals surface area contributed by atoms with Gasteiger partial charge in [-0.1, -0.05) is 0 Å². The molecule has 17 heavy (non-hydrogen) atoms. The van der Waals surface area contributed by atoms with Gasteiger partial charge < -0.3 is 4.74 Å². The van der Waals surface area contributed by atoms with Crippen molar-refractivity contribution in [2.24, 2.45) is 0 Å². The van der Waals surface area contributed by atoms with E-state index in [0.29, 0.717) is 0 Å². The quantitative estimate of drug-likeness (QED) is 0.687. The van der Waals surface area contributed by atoms with Gasteiger partial charge in [0, 0.05) is 22.8 Å². The monoisotopic (exact) mass is 284 g/mol. The van der Waals surface area contributed by atoms with Crippen LogP contribution in [0.4, 0.5) is 0 Å². The number of hydrogen-bond acceptors (Lipinski definition) is 5. The average Bonchev–Trinajstić information content (AvgIpc) is 2.08. The Labute approximate surface area is 105 Å². The Hall–Kier alpha value is -0.430. The van der Waals surface area contributed by atoms with Gasteiger partial charge in [-0.25, -0.2) is 8.42 Å². The van der Waals surface area contributed by atoms with Crippen LogP contribution in [-0.4, -0.2) is 47.2 Å². The highest BCUT2D eigenvalue weighted by Crippen LogP contribution is 2.11. The maximum absolute atomic E-state index is 11.7. The Morgan fingerprint density at radius 1 is 1.35 bits per heavy atom. The van der Waals surface area contributed by atoms with Crippen LogP contribution in [0.15, 0.2) is 0 Å². The zero-order valence-electron chi connectivity index (χ0n) is 10.8. The fraction of sp³-hybridized carbons (Fsp3) is 0.900. The fourth-order valence-corrected chi connectivity index (χ4v) is 3.39. The van der Waals surface area contributed by atoms with Crippen LogP contribution in [0.1, 0.15) is 27.7 Å². The van der Waals surface area contributed by atoms with Crippen molar-refractivity contribution in [1.29, 1.82) is 0 Å². The van der Waals surface area contributed by atoms with Crippen molar-refractivity contribution in [2.45, 2.75) is 38.5 Å². The molecule has 7 heteroatoms. The van der Waals surface area contributed by atoms with Gasteiger partial charge in [-0.15, -0.1) is 0 Å². The smallest absolute Gasteiger partial charge is 0.321 e. The maximum atomic E-state index is 11.7. The lowest BCUT2D eigenvalue weighted by molar-refractivity contribution is -0.153. The Bertz CT molecular complexity index is 391. The van der Waals surface area contributed by atoms with Crippen LogP contribution in [0.25, 0.3) is 0 Å². The fourth-order valence-electron chi connectivity index (χ4n) is 0.902. The van der Waals surface area contributed by atoms with Gasteiger partial charge in [0.05, 0.1) is 5.75 Å². The second-order valence-corrected chi connectivity index (χ2v) is 9.03. The summed E-state index contributed by atoms with van der Waals surface area (Å²) in [5.41, 5.74) is -0.633. The number of hydrogen-bond donors (Lipinski definition) is 0. The molecule has 0 bridgehead atoms. The van der Waals surface area contributed by atoms with E-state index in [4.69, 9.17) is 4.74 Å². The summed E-state index contributed by atoms with van der Waals surface area (Å²) in [5, 5.41) is -0.809. The lowest BCUT2D eigenvalue weighted by Gasteiger charge is -2.21. The van der Waals surface area contributed by atoms with E-state index in [1.165, 1.54) is 6.92 Å². The van der Waals surface area contributed by atoms with Gasteiger partial charge in [0.2, 0.25) is 0 Å². The number of carbonyl (C=O) groups excluding carboxylic acids is 1. The maximum Gasteiger partial charge on any atom is 0.321 e. The SMILES string of the molecule is CC(C(=O)OC(C)(C)C)S(=O)CCS(C)(=O)=O. The topological polar surface area (TPSA) is 77.5 Å². The van der Waals surface area contributed by atoms with E-state index in [2.05, 4.69) is 0 Å². The zero-order chi connectivity index (χ0) is 13.9. The molecule has 0 aliphatic heterocycles. The highest BCUT2D eigenvalue weighted by Gasteiger charge is 2.26. The second-order valence-electron chi connectivity index (χ2n) is 4.89. The molecule has 0 rings (SSSR count). The number of sulfone groups is 1. The van der Waals surface area contributed by atoms with E-state index in [-0.39, 0.29) is 11.5 Å².